The number of ether oxygens (including phenoxy) is 2. The number of nitrogen functional groups attached to an aromatic ring is 2. The van der Waals surface area contributed by atoms with Gasteiger partial charge in [0.25, 0.3) is 0 Å². The highest BCUT2D eigenvalue weighted by molar-refractivity contribution is 8.45. The predicted octanol–water partition coefficient (Wildman–Crippen LogP) is 1.94. The largest absolute Gasteiger partial charge is 0.382 e. The monoisotopic (exact) mass is 684 g/mol. The number of anilines is 2. The Hall–Kier alpha value is -2.38. The highest BCUT2D eigenvalue weighted by Gasteiger charge is 2.50. The van der Waals surface area contributed by atoms with E-state index in [-0.39, 0.29) is 36.7 Å². The predicted molar refractivity (Wildman–Crippen MR) is 165 cm³/mol. The number of fused-ring (bicyclic) bond motifs is 4. The second-order valence-corrected chi connectivity index (χ2v) is 17.2. The number of aromatic nitrogens is 8. The highest BCUT2D eigenvalue weighted by atomic mass is 32.7. The summed E-state index contributed by atoms with van der Waals surface area (Å²) in [5, 5.41) is 6.05. The van der Waals surface area contributed by atoms with Crippen LogP contribution in [0.5, 0.6) is 0 Å². The minimum atomic E-state index is -3.75. The fourth-order valence-corrected chi connectivity index (χ4v) is 9.65. The van der Waals surface area contributed by atoms with Gasteiger partial charge in [0.15, 0.2) is 22.9 Å². The first-order valence-electron chi connectivity index (χ1n) is 13.6. The van der Waals surface area contributed by atoms with Gasteiger partial charge in [-0.25, -0.2) is 40.1 Å². The summed E-state index contributed by atoms with van der Waals surface area (Å²) < 4.78 is 55.4. The molecule has 4 aromatic heterocycles. The van der Waals surface area contributed by atoms with E-state index in [1.165, 1.54) is 12.7 Å². The lowest BCUT2D eigenvalue weighted by Crippen LogP contribution is -2.44. The molecule has 0 aromatic carbocycles. The van der Waals surface area contributed by atoms with Gasteiger partial charge in [0, 0.05) is 11.8 Å². The molecular formula is C22H30N12O6P2S2. The fourth-order valence-electron chi connectivity index (χ4n) is 6.05. The summed E-state index contributed by atoms with van der Waals surface area (Å²) in [4.78, 5) is 25.3. The third-order valence-electron chi connectivity index (χ3n) is 8.24. The van der Waals surface area contributed by atoms with Crippen molar-refractivity contribution in [3.8, 4) is 0 Å². The highest BCUT2D eigenvalue weighted by Crippen LogP contribution is 2.55. The quantitative estimate of drug-likeness (QED) is 0.131. The first-order valence-corrected chi connectivity index (χ1v) is 19.1. The molecule has 44 heavy (non-hydrogen) atoms. The average Bonchev–Trinajstić information content (AvgIpc) is 3.73. The van der Waals surface area contributed by atoms with Crippen LogP contribution in [-0.4, -0.2) is 76.5 Å². The van der Waals surface area contributed by atoms with E-state index in [1.54, 1.807) is 21.8 Å². The molecule has 0 radical (unpaired) electrons. The molecule has 0 amide bonds. The molecule has 2 unspecified atom stereocenters. The van der Waals surface area contributed by atoms with Crippen LogP contribution in [0.4, 0.5) is 11.6 Å². The lowest BCUT2D eigenvalue weighted by Gasteiger charge is -2.30. The van der Waals surface area contributed by atoms with Gasteiger partial charge in [0.2, 0.25) is 0 Å². The summed E-state index contributed by atoms with van der Waals surface area (Å²) in [6, 6.07) is -1.22. The topological polar surface area (TPSA) is 234 Å². The van der Waals surface area contributed by atoms with Crippen molar-refractivity contribution < 1.29 is 27.7 Å². The van der Waals surface area contributed by atoms with Gasteiger partial charge in [-0.2, -0.15) is 0 Å². The zero-order chi connectivity index (χ0) is 31.0. The number of thiol groups is 2. The molecule has 3 saturated heterocycles. The molecule has 6 N–H and O–H groups in total. The summed E-state index contributed by atoms with van der Waals surface area (Å²) in [6.45, 7) is -4.03. The lowest BCUT2D eigenvalue weighted by atomic mass is 10.00. The number of nitrogens with one attached hydrogen (secondary N) is 2. The van der Waals surface area contributed by atoms with Crippen LogP contribution in [-0.2, 0) is 27.7 Å². The number of rotatable bonds is 2. The third kappa shape index (κ3) is 5.30. The number of nitrogens with two attached hydrogens (primary N) is 2. The van der Waals surface area contributed by atoms with Crippen LogP contribution < -0.4 is 21.6 Å². The smallest absolute Gasteiger partial charge is 0.323 e. The van der Waals surface area contributed by atoms with Gasteiger partial charge in [-0.3, -0.25) is 18.3 Å². The Morgan fingerprint density at radius 2 is 1.16 bits per heavy atom. The maximum atomic E-state index is 13.7. The Bertz CT molecular complexity index is 1700. The van der Waals surface area contributed by atoms with Crippen molar-refractivity contribution in [3.63, 3.8) is 0 Å². The lowest BCUT2D eigenvalue weighted by molar-refractivity contribution is -0.0300. The number of nitrogens with zero attached hydrogens (tertiary/aromatic N) is 8. The molecule has 236 valence electrons. The molecule has 0 saturated carbocycles. The maximum Gasteiger partial charge on any atom is 0.323 e. The standard InChI is InChI=1S/C22H30N12O6P2S2/c1-9-13-11(39-21(9)33-7-29-15-17(23)25-5-27-19(15)33)3-37-42(36,44)32-14-10(2)22(40-12(14)4-38-41(35,43)31-13)34-8-30-16-18(24)26-6-28-20(16)34/h5-14,21-22H,3-4H2,1-2H3,(H2,23,25,27)(H2,24,26,28)(H2,31,35,43)(H2,32,36,44)/t9-,10-,11-,12-,13+,14+,21-,22-,41?,42?/m1/s1. The summed E-state index contributed by atoms with van der Waals surface area (Å²) >= 11 is 8.77. The minimum absolute atomic E-state index is 0.164. The molecular weight excluding hydrogens is 654 g/mol. The Labute approximate surface area is 260 Å². The molecule has 4 aromatic rings. The van der Waals surface area contributed by atoms with Gasteiger partial charge in [0.1, 0.15) is 48.4 Å². The van der Waals surface area contributed by atoms with Crippen LogP contribution in [0.1, 0.15) is 26.3 Å². The fraction of sp³-hybridized carbons (Fsp3) is 0.545. The molecule has 7 rings (SSSR count). The van der Waals surface area contributed by atoms with Crippen LogP contribution >= 0.6 is 37.9 Å². The summed E-state index contributed by atoms with van der Waals surface area (Å²) in [5.41, 5.74) is 13.7. The number of hydrogen-bond donors (Lipinski definition) is 6. The molecule has 0 spiro atoms. The van der Waals surface area contributed by atoms with E-state index in [1.807, 2.05) is 13.8 Å². The molecule has 3 aliphatic heterocycles. The Kier molecular flexibility index (Phi) is 7.67. The summed E-state index contributed by atoms with van der Waals surface area (Å²) in [5.74, 6) is -0.211. The van der Waals surface area contributed by atoms with E-state index < -0.39 is 50.2 Å². The van der Waals surface area contributed by atoms with Crippen molar-refractivity contribution in [2.45, 2.75) is 50.6 Å². The zero-order valence-electron chi connectivity index (χ0n) is 23.3. The first-order chi connectivity index (χ1) is 20.9. The Morgan fingerprint density at radius 1 is 0.750 bits per heavy atom. The van der Waals surface area contributed by atoms with E-state index >= 15 is 0 Å². The van der Waals surface area contributed by atoms with Crippen molar-refractivity contribution in [3.05, 3.63) is 25.3 Å². The van der Waals surface area contributed by atoms with Gasteiger partial charge >= 0.3 is 13.4 Å². The minimum Gasteiger partial charge on any atom is -0.382 e. The molecule has 0 aliphatic carbocycles. The van der Waals surface area contributed by atoms with E-state index in [2.05, 4.69) is 64.6 Å². The maximum absolute atomic E-state index is 13.7. The Morgan fingerprint density at radius 3 is 1.57 bits per heavy atom. The third-order valence-corrected chi connectivity index (χ3v) is 11.9. The molecule has 0 bridgehead atoms. The van der Waals surface area contributed by atoms with Crippen molar-refractivity contribution >= 4 is 71.9 Å². The van der Waals surface area contributed by atoms with Crippen LogP contribution in [0.3, 0.4) is 0 Å². The van der Waals surface area contributed by atoms with E-state index in [9.17, 15) is 9.13 Å². The van der Waals surface area contributed by atoms with E-state index in [0.29, 0.717) is 22.3 Å². The van der Waals surface area contributed by atoms with Crippen molar-refractivity contribution in [1.29, 1.82) is 0 Å². The van der Waals surface area contributed by atoms with Crippen LogP contribution in [0.25, 0.3) is 22.3 Å². The first kappa shape index (κ1) is 30.3. The van der Waals surface area contributed by atoms with E-state index in [4.69, 9.17) is 30.0 Å². The van der Waals surface area contributed by atoms with Crippen molar-refractivity contribution in [2.75, 3.05) is 24.7 Å². The summed E-state index contributed by atoms with van der Waals surface area (Å²) in [6.07, 6.45) is 3.04. The van der Waals surface area contributed by atoms with Crippen LogP contribution in [0.2, 0.25) is 0 Å². The van der Waals surface area contributed by atoms with Gasteiger partial charge in [0.05, 0.1) is 38.0 Å². The number of imidazole rings is 2. The van der Waals surface area contributed by atoms with Gasteiger partial charge in [-0.1, -0.05) is 38.3 Å². The molecule has 3 fully saturated rings. The Balaban J connectivity index is 1.17. The summed E-state index contributed by atoms with van der Waals surface area (Å²) in [7, 11) is 0. The van der Waals surface area contributed by atoms with E-state index in [0.717, 1.165) is 0 Å². The SMILES string of the molecule is C[C@@H]1[C@@H]2NP(=O)(S)OC[C@H]3O[C@@H](n4cnc5c(N)ncnc54)[C@H](C)[C@@H]3NP(=O)(S)OC[C@H]2O[C@H]1n1cnc2c(N)ncnc21. The van der Waals surface area contributed by atoms with Crippen LogP contribution in [0.15, 0.2) is 25.3 Å². The zero-order valence-corrected chi connectivity index (χ0v) is 26.9. The average molecular weight is 685 g/mol. The normalized spacial score (nSPS) is 38.3. The second kappa shape index (κ2) is 11.2. The van der Waals surface area contributed by atoms with Crippen LogP contribution in [0, 0.1) is 11.8 Å². The molecule has 3 aliphatic rings. The molecule has 10 atom stereocenters. The second-order valence-electron chi connectivity index (χ2n) is 11.0. The van der Waals surface area contributed by atoms with Crippen molar-refractivity contribution in [1.82, 2.24) is 49.2 Å². The van der Waals surface area contributed by atoms with Gasteiger partial charge in [-0.05, 0) is 0 Å². The van der Waals surface area contributed by atoms with Gasteiger partial charge < -0.3 is 30.0 Å². The van der Waals surface area contributed by atoms with Gasteiger partial charge in [-0.15, -0.1) is 0 Å². The molecule has 22 heteroatoms. The molecule has 7 heterocycles. The number of hydrogen-bond acceptors (Lipinski definition) is 14. The van der Waals surface area contributed by atoms with Crippen molar-refractivity contribution in [2.24, 2.45) is 11.8 Å². The molecule has 18 nitrogen and oxygen atoms in total.